The van der Waals surface area contributed by atoms with Gasteiger partial charge in [0, 0.05) is 42.1 Å². The fourth-order valence-corrected chi connectivity index (χ4v) is 3.64. The van der Waals surface area contributed by atoms with E-state index in [-0.39, 0.29) is 18.3 Å². The van der Waals surface area contributed by atoms with E-state index in [0.29, 0.717) is 30.6 Å². The second-order valence-corrected chi connectivity index (χ2v) is 7.23. The second kappa shape index (κ2) is 8.90. The normalized spacial score (nSPS) is 14.0. The average molecular weight is 394 g/mol. The predicted octanol–water partition coefficient (Wildman–Crippen LogP) is 3.85. The van der Waals surface area contributed by atoms with Crippen molar-refractivity contribution >= 4 is 23.3 Å². The summed E-state index contributed by atoms with van der Waals surface area (Å²) < 4.78 is 7.21. The molecule has 2 aromatic rings. The number of nitrogens with zero attached hydrogens (tertiary/aromatic N) is 2. The maximum absolute atomic E-state index is 12.5. The van der Waals surface area contributed by atoms with Crippen LogP contribution in [0.1, 0.15) is 51.4 Å². The molecule has 0 spiro atoms. The number of ether oxygens (including phenoxy) is 1. The van der Waals surface area contributed by atoms with Gasteiger partial charge in [-0.3, -0.25) is 9.59 Å². The molecule has 0 unspecified atom stereocenters. The molecule has 1 amide bonds. The third-order valence-corrected chi connectivity index (χ3v) is 5.26. The molecule has 29 heavy (non-hydrogen) atoms. The van der Waals surface area contributed by atoms with Crippen molar-refractivity contribution < 1.29 is 19.1 Å². The molecule has 152 valence electrons. The predicted molar refractivity (Wildman–Crippen MR) is 111 cm³/mol. The van der Waals surface area contributed by atoms with E-state index in [0.717, 1.165) is 29.9 Å². The number of allylic oxidation sites excluding steroid dienone is 1. The van der Waals surface area contributed by atoms with Crippen LogP contribution in [0.5, 0.6) is 0 Å². The molecule has 1 fully saturated rings. The number of amides is 1. The van der Waals surface area contributed by atoms with Crippen LogP contribution in [0.25, 0.3) is 0 Å². The molecule has 0 N–H and O–H groups in total. The first-order valence-electron chi connectivity index (χ1n) is 9.80. The third-order valence-electron chi connectivity index (χ3n) is 5.26. The highest BCUT2D eigenvalue weighted by molar-refractivity contribution is 6.00. The lowest BCUT2D eigenvalue weighted by Gasteiger charge is -2.26. The first-order chi connectivity index (χ1) is 13.9. The quantitative estimate of drug-likeness (QED) is 0.406. The Morgan fingerprint density at radius 1 is 1.17 bits per heavy atom. The van der Waals surface area contributed by atoms with E-state index in [1.54, 1.807) is 41.3 Å². The zero-order valence-corrected chi connectivity index (χ0v) is 16.9. The van der Waals surface area contributed by atoms with Gasteiger partial charge in [-0.1, -0.05) is 6.08 Å². The highest BCUT2D eigenvalue weighted by atomic mass is 16.5. The fourth-order valence-electron chi connectivity index (χ4n) is 3.64. The van der Waals surface area contributed by atoms with Crippen molar-refractivity contribution in [1.82, 2.24) is 4.57 Å². The standard InChI is InChI=1S/C23H26N2O4/c1-4-12-24-16(2)14-20(17(24)3)21(26)15-29-23(28)18-8-10-19(11-9-18)25-13-6-5-7-22(25)27/h4,8-11,14H,1,5-7,12-13,15H2,2-3H3. The molecule has 6 nitrogen and oxygen atoms in total. The number of carbonyl (C=O) groups excluding carboxylic acids is 3. The molecule has 1 aliphatic heterocycles. The van der Waals surface area contributed by atoms with E-state index in [1.807, 2.05) is 18.4 Å². The van der Waals surface area contributed by atoms with E-state index in [4.69, 9.17) is 4.74 Å². The van der Waals surface area contributed by atoms with Crippen LogP contribution in [-0.4, -0.2) is 35.4 Å². The van der Waals surface area contributed by atoms with Gasteiger partial charge in [-0.2, -0.15) is 0 Å². The van der Waals surface area contributed by atoms with Gasteiger partial charge in [0.2, 0.25) is 11.7 Å². The number of aryl methyl sites for hydroxylation is 1. The van der Waals surface area contributed by atoms with E-state index >= 15 is 0 Å². The average Bonchev–Trinajstić information content (AvgIpc) is 3.01. The molecule has 0 saturated carbocycles. The van der Waals surface area contributed by atoms with Crippen LogP contribution in [0, 0.1) is 13.8 Å². The van der Waals surface area contributed by atoms with Gasteiger partial charge in [-0.15, -0.1) is 6.58 Å². The first-order valence-corrected chi connectivity index (χ1v) is 9.80. The molecular weight excluding hydrogens is 368 g/mol. The summed E-state index contributed by atoms with van der Waals surface area (Å²) in [6.45, 7) is 8.52. The number of Topliss-reactive ketones (excluding diaryl/α,β-unsaturated/α-hetero) is 1. The number of esters is 1. The number of hydrogen-bond donors (Lipinski definition) is 0. The van der Waals surface area contributed by atoms with Gasteiger partial charge in [-0.05, 0) is 57.0 Å². The maximum Gasteiger partial charge on any atom is 0.338 e. The number of aromatic nitrogens is 1. The lowest BCUT2D eigenvalue weighted by Crippen LogP contribution is -2.35. The van der Waals surface area contributed by atoms with Crippen molar-refractivity contribution in [3.8, 4) is 0 Å². The fraction of sp³-hybridized carbons (Fsp3) is 0.348. The first kappa shape index (κ1) is 20.6. The van der Waals surface area contributed by atoms with E-state index in [9.17, 15) is 14.4 Å². The Morgan fingerprint density at radius 3 is 2.55 bits per heavy atom. The Morgan fingerprint density at radius 2 is 1.90 bits per heavy atom. The molecule has 0 bridgehead atoms. The Bertz CT molecular complexity index is 941. The molecule has 1 aromatic heterocycles. The molecule has 0 radical (unpaired) electrons. The second-order valence-electron chi connectivity index (χ2n) is 7.23. The largest absolute Gasteiger partial charge is 0.454 e. The van der Waals surface area contributed by atoms with Crippen LogP contribution in [-0.2, 0) is 16.1 Å². The minimum Gasteiger partial charge on any atom is -0.454 e. The van der Waals surface area contributed by atoms with Crippen molar-refractivity contribution in [1.29, 1.82) is 0 Å². The van der Waals surface area contributed by atoms with Gasteiger partial charge < -0.3 is 14.2 Å². The summed E-state index contributed by atoms with van der Waals surface area (Å²) in [6.07, 6.45) is 4.23. The Labute approximate surface area is 170 Å². The molecule has 1 saturated heterocycles. The van der Waals surface area contributed by atoms with E-state index in [1.165, 1.54) is 0 Å². The number of benzene rings is 1. The van der Waals surface area contributed by atoms with Gasteiger partial charge in [0.25, 0.3) is 0 Å². The van der Waals surface area contributed by atoms with Gasteiger partial charge in [-0.25, -0.2) is 4.79 Å². The number of anilines is 1. The molecule has 3 rings (SSSR count). The van der Waals surface area contributed by atoms with E-state index < -0.39 is 5.97 Å². The SMILES string of the molecule is C=CCn1c(C)cc(C(=O)COC(=O)c2ccc(N3CCCCC3=O)cc2)c1C. The number of rotatable bonds is 7. The number of ketones is 1. The van der Waals surface area contributed by atoms with Crippen molar-refractivity contribution in [2.75, 3.05) is 18.1 Å². The smallest absolute Gasteiger partial charge is 0.338 e. The molecule has 0 atom stereocenters. The Kier molecular flexibility index (Phi) is 6.32. The molecule has 2 heterocycles. The summed E-state index contributed by atoms with van der Waals surface area (Å²) in [7, 11) is 0. The lowest BCUT2D eigenvalue weighted by molar-refractivity contribution is -0.119. The summed E-state index contributed by atoms with van der Waals surface area (Å²) in [6, 6.07) is 8.54. The van der Waals surface area contributed by atoms with Gasteiger partial charge in [0.05, 0.1) is 5.56 Å². The minimum absolute atomic E-state index is 0.103. The van der Waals surface area contributed by atoms with E-state index in [2.05, 4.69) is 6.58 Å². The zero-order chi connectivity index (χ0) is 21.0. The zero-order valence-electron chi connectivity index (χ0n) is 16.9. The van der Waals surface area contributed by atoms with Gasteiger partial charge >= 0.3 is 5.97 Å². The summed E-state index contributed by atoms with van der Waals surface area (Å²) in [5.41, 5.74) is 3.47. The maximum atomic E-state index is 12.5. The highest BCUT2D eigenvalue weighted by Gasteiger charge is 2.21. The van der Waals surface area contributed by atoms with Crippen molar-refractivity contribution in [2.45, 2.75) is 39.7 Å². The highest BCUT2D eigenvalue weighted by Crippen LogP contribution is 2.22. The Balaban J connectivity index is 1.62. The number of piperidine rings is 1. The summed E-state index contributed by atoms with van der Waals surface area (Å²) in [4.78, 5) is 38.6. The summed E-state index contributed by atoms with van der Waals surface area (Å²) in [5.74, 6) is -0.696. The third kappa shape index (κ3) is 4.47. The van der Waals surface area contributed by atoms with Crippen LogP contribution >= 0.6 is 0 Å². The summed E-state index contributed by atoms with van der Waals surface area (Å²) in [5, 5.41) is 0. The van der Waals surface area contributed by atoms with Gasteiger partial charge in [0.1, 0.15) is 0 Å². The van der Waals surface area contributed by atoms with Crippen LogP contribution < -0.4 is 4.90 Å². The molecule has 1 aliphatic rings. The van der Waals surface area contributed by atoms with Crippen molar-refractivity contribution in [2.24, 2.45) is 0 Å². The lowest BCUT2D eigenvalue weighted by atomic mass is 10.1. The Hall–Kier alpha value is -3.15. The van der Waals surface area contributed by atoms with Crippen molar-refractivity contribution in [3.05, 3.63) is 65.5 Å². The van der Waals surface area contributed by atoms with Crippen LogP contribution in [0.15, 0.2) is 43.0 Å². The molecule has 1 aromatic carbocycles. The van der Waals surface area contributed by atoms with Crippen LogP contribution in [0.4, 0.5) is 5.69 Å². The van der Waals surface area contributed by atoms with Crippen molar-refractivity contribution in [3.63, 3.8) is 0 Å². The van der Waals surface area contributed by atoms with Gasteiger partial charge in [0.15, 0.2) is 6.61 Å². The van der Waals surface area contributed by atoms with Crippen LogP contribution in [0.2, 0.25) is 0 Å². The number of hydrogen-bond acceptors (Lipinski definition) is 4. The topological polar surface area (TPSA) is 68.6 Å². The number of carbonyl (C=O) groups is 3. The molecular formula is C23H26N2O4. The summed E-state index contributed by atoms with van der Waals surface area (Å²) >= 11 is 0. The molecule has 0 aliphatic carbocycles. The monoisotopic (exact) mass is 394 g/mol. The minimum atomic E-state index is -0.560. The molecule has 6 heteroatoms. The van der Waals surface area contributed by atoms with Crippen LogP contribution in [0.3, 0.4) is 0 Å².